The number of likely N-dealkylation sites (N-methyl/N-ethyl adjacent to an activating group) is 1. The Kier molecular flexibility index (Phi) is 3.89. The van der Waals surface area contributed by atoms with Crippen LogP contribution in [-0.2, 0) is 6.54 Å². The van der Waals surface area contributed by atoms with Crippen molar-refractivity contribution in [2.45, 2.75) is 6.54 Å². The van der Waals surface area contributed by atoms with Crippen molar-refractivity contribution in [1.82, 2.24) is 15.2 Å². The van der Waals surface area contributed by atoms with Gasteiger partial charge in [-0.2, -0.15) is 0 Å². The molecule has 1 aliphatic heterocycles. The van der Waals surface area contributed by atoms with E-state index in [9.17, 15) is 0 Å². The molecule has 3 rings (SSSR count). The Morgan fingerprint density at radius 3 is 2.85 bits per heavy atom. The maximum Gasteiger partial charge on any atom is 0.194 e. The Hall–Kier alpha value is -1.59. The highest BCUT2D eigenvalue weighted by molar-refractivity contribution is 7.15. The maximum absolute atomic E-state index is 5.90. The third-order valence-electron chi connectivity index (χ3n) is 3.12. The van der Waals surface area contributed by atoms with Gasteiger partial charge >= 0.3 is 0 Å². The number of nitrogens with one attached hydrogen (secondary N) is 1. The topological polar surface area (TPSA) is 40.5 Å². The average Bonchev–Trinajstić information content (AvgIpc) is 3.06. The second-order valence-corrected chi connectivity index (χ2v) is 6.17. The number of guanidine groups is 1. The lowest BCUT2D eigenvalue weighted by molar-refractivity contribution is 0.534. The largest absolute Gasteiger partial charge is 0.351 e. The zero-order valence-electron chi connectivity index (χ0n) is 11.1. The number of rotatable bonds is 3. The minimum atomic E-state index is 0.745. The highest BCUT2D eigenvalue weighted by Gasteiger charge is 2.12. The molecule has 1 aromatic heterocycles. The quantitative estimate of drug-likeness (QED) is 0.948. The van der Waals surface area contributed by atoms with Crippen LogP contribution in [0.1, 0.15) is 4.88 Å². The van der Waals surface area contributed by atoms with E-state index in [2.05, 4.69) is 20.2 Å². The molecule has 4 nitrogen and oxygen atoms in total. The molecule has 2 aromatic rings. The Labute approximate surface area is 127 Å². The number of hydrogen-bond acceptors (Lipinski definition) is 5. The molecule has 0 unspecified atom stereocenters. The molecule has 0 radical (unpaired) electrons. The molecule has 104 valence electrons. The van der Waals surface area contributed by atoms with Crippen molar-refractivity contribution in [2.24, 2.45) is 4.99 Å². The molecule has 1 N–H and O–H groups in total. The van der Waals surface area contributed by atoms with Crippen molar-refractivity contribution in [1.29, 1.82) is 0 Å². The van der Waals surface area contributed by atoms with Gasteiger partial charge in [-0.3, -0.25) is 4.99 Å². The average molecular weight is 307 g/mol. The molecular weight excluding hydrogens is 292 g/mol. The van der Waals surface area contributed by atoms with E-state index in [1.54, 1.807) is 11.3 Å². The van der Waals surface area contributed by atoms with Crippen LogP contribution in [0, 0.1) is 0 Å². The summed E-state index contributed by atoms with van der Waals surface area (Å²) in [5.41, 5.74) is 1.10. The van der Waals surface area contributed by atoms with Crippen LogP contribution in [0.2, 0.25) is 5.02 Å². The van der Waals surface area contributed by atoms with E-state index in [1.165, 1.54) is 4.88 Å². The number of halogens is 1. The lowest BCUT2D eigenvalue weighted by atomic mass is 10.2. The Bertz CT molecular complexity index is 620. The highest BCUT2D eigenvalue weighted by atomic mass is 35.5. The van der Waals surface area contributed by atoms with Crippen LogP contribution in [0.5, 0.6) is 0 Å². The van der Waals surface area contributed by atoms with Gasteiger partial charge in [0.25, 0.3) is 0 Å². The Balaban J connectivity index is 1.66. The molecule has 0 saturated carbocycles. The summed E-state index contributed by atoms with van der Waals surface area (Å²) in [7, 11) is 2.05. The molecule has 0 atom stereocenters. The molecule has 2 heterocycles. The second kappa shape index (κ2) is 5.81. The van der Waals surface area contributed by atoms with Gasteiger partial charge in [0.15, 0.2) is 5.96 Å². The fourth-order valence-electron chi connectivity index (χ4n) is 2.00. The van der Waals surface area contributed by atoms with Gasteiger partial charge in [-0.1, -0.05) is 23.7 Å². The molecule has 0 aliphatic carbocycles. The predicted octanol–water partition coefficient (Wildman–Crippen LogP) is 2.85. The first-order chi connectivity index (χ1) is 9.72. The summed E-state index contributed by atoms with van der Waals surface area (Å²) in [5, 5.41) is 5.11. The van der Waals surface area contributed by atoms with Crippen LogP contribution in [-0.4, -0.2) is 36.0 Å². The smallest absolute Gasteiger partial charge is 0.194 e. The van der Waals surface area contributed by atoms with Gasteiger partial charge in [0.2, 0.25) is 0 Å². The van der Waals surface area contributed by atoms with Gasteiger partial charge in [0.05, 0.1) is 13.1 Å². The summed E-state index contributed by atoms with van der Waals surface area (Å²) in [6.45, 7) is 2.62. The molecule has 1 aliphatic rings. The van der Waals surface area contributed by atoms with Crippen LogP contribution < -0.4 is 5.32 Å². The van der Waals surface area contributed by atoms with Crippen molar-refractivity contribution >= 4 is 28.9 Å². The van der Waals surface area contributed by atoms with E-state index >= 15 is 0 Å². The molecular formula is C14H15ClN4S. The summed E-state index contributed by atoms with van der Waals surface area (Å²) in [4.78, 5) is 12.2. The molecule has 0 spiro atoms. The van der Waals surface area contributed by atoms with Gasteiger partial charge in [-0.05, 0) is 12.1 Å². The first-order valence-corrected chi connectivity index (χ1v) is 7.62. The molecule has 0 saturated heterocycles. The lowest BCUT2D eigenvalue weighted by Gasteiger charge is -2.14. The first-order valence-electron chi connectivity index (χ1n) is 6.42. The van der Waals surface area contributed by atoms with Gasteiger partial charge in [0, 0.05) is 35.3 Å². The van der Waals surface area contributed by atoms with Crippen LogP contribution in [0.3, 0.4) is 0 Å². The molecule has 6 heteroatoms. The second-order valence-electron chi connectivity index (χ2n) is 4.62. The van der Waals surface area contributed by atoms with Gasteiger partial charge in [-0.25, -0.2) is 4.98 Å². The van der Waals surface area contributed by atoms with Gasteiger partial charge < -0.3 is 10.2 Å². The Morgan fingerprint density at radius 2 is 2.15 bits per heavy atom. The van der Waals surface area contributed by atoms with Crippen LogP contribution >= 0.6 is 22.9 Å². The van der Waals surface area contributed by atoms with E-state index < -0.39 is 0 Å². The molecule has 0 fully saturated rings. The van der Waals surface area contributed by atoms with E-state index in [0.717, 1.165) is 41.2 Å². The van der Waals surface area contributed by atoms with E-state index in [1.807, 2.05) is 37.5 Å². The molecule has 1 aromatic carbocycles. The van der Waals surface area contributed by atoms with Crippen LogP contribution in [0.25, 0.3) is 10.6 Å². The van der Waals surface area contributed by atoms with Crippen molar-refractivity contribution in [3.05, 3.63) is 40.4 Å². The zero-order valence-corrected chi connectivity index (χ0v) is 12.7. The minimum Gasteiger partial charge on any atom is -0.351 e. The predicted molar refractivity (Wildman–Crippen MR) is 84.3 cm³/mol. The maximum atomic E-state index is 5.90. The van der Waals surface area contributed by atoms with E-state index in [-0.39, 0.29) is 0 Å². The van der Waals surface area contributed by atoms with Crippen molar-refractivity contribution in [3.63, 3.8) is 0 Å². The summed E-state index contributed by atoms with van der Waals surface area (Å²) in [6.07, 6.45) is 1.91. The number of thiazole rings is 1. The van der Waals surface area contributed by atoms with E-state index in [0.29, 0.717) is 0 Å². The van der Waals surface area contributed by atoms with Crippen LogP contribution in [0.4, 0.5) is 0 Å². The Morgan fingerprint density at radius 1 is 1.35 bits per heavy atom. The first kappa shape index (κ1) is 13.4. The highest BCUT2D eigenvalue weighted by Crippen LogP contribution is 2.26. The zero-order chi connectivity index (χ0) is 13.9. The summed E-state index contributed by atoms with van der Waals surface area (Å²) in [6, 6.07) is 7.76. The summed E-state index contributed by atoms with van der Waals surface area (Å²) >= 11 is 7.58. The number of nitrogens with zero attached hydrogens (tertiary/aromatic N) is 3. The number of hydrogen-bond donors (Lipinski definition) is 1. The lowest BCUT2D eigenvalue weighted by Crippen LogP contribution is -2.34. The SMILES string of the molecule is CN1CCN=C1NCc1cnc(-c2ccc(Cl)cc2)s1. The number of aromatic nitrogens is 1. The van der Waals surface area contributed by atoms with Crippen molar-refractivity contribution in [3.8, 4) is 10.6 Å². The standard InChI is InChI=1S/C14H15ClN4S/c1-19-7-6-16-14(19)18-9-12-8-17-13(20-12)10-2-4-11(15)5-3-10/h2-5,8H,6-7,9H2,1H3,(H,16,18). The molecule has 0 amide bonds. The fourth-order valence-corrected chi connectivity index (χ4v) is 2.99. The minimum absolute atomic E-state index is 0.745. The van der Waals surface area contributed by atoms with E-state index in [4.69, 9.17) is 11.6 Å². The molecule has 0 bridgehead atoms. The summed E-state index contributed by atoms with van der Waals surface area (Å²) < 4.78 is 0. The van der Waals surface area contributed by atoms with Crippen molar-refractivity contribution < 1.29 is 0 Å². The van der Waals surface area contributed by atoms with Gasteiger partial charge in [0.1, 0.15) is 5.01 Å². The normalized spacial score (nSPS) is 14.5. The van der Waals surface area contributed by atoms with Crippen LogP contribution in [0.15, 0.2) is 35.5 Å². The fraction of sp³-hybridized carbons (Fsp3) is 0.286. The third-order valence-corrected chi connectivity index (χ3v) is 4.42. The van der Waals surface area contributed by atoms with Gasteiger partial charge in [-0.15, -0.1) is 11.3 Å². The number of aliphatic imine (C=N–C) groups is 1. The van der Waals surface area contributed by atoms with Crippen molar-refractivity contribution in [2.75, 3.05) is 20.1 Å². The summed E-state index contributed by atoms with van der Waals surface area (Å²) in [5.74, 6) is 0.964. The monoisotopic (exact) mass is 306 g/mol. The number of benzene rings is 1. The third kappa shape index (κ3) is 2.94. The molecule has 20 heavy (non-hydrogen) atoms.